The number of anilines is 1. The molecule has 0 aromatic heterocycles. The predicted octanol–water partition coefficient (Wildman–Crippen LogP) is 4.26. The second kappa shape index (κ2) is 6.63. The first kappa shape index (κ1) is 14.7. The summed E-state index contributed by atoms with van der Waals surface area (Å²) in [5.41, 5.74) is 7.79. The number of nitrogens with zero attached hydrogens (tertiary/aromatic N) is 1. The molecule has 0 spiro atoms. The molecular weight excluding hydrogens is 296 g/mol. The third kappa shape index (κ3) is 3.88. The van der Waals surface area contributed by atoms with Gasteiger partial charge in [-0.25, -0.2) is 0 Å². The maximum atomic E-state index is 10.8. The molecule has 0 aliphatic rings. The number of hydrogen-bond donors (Lipinski definition) is 1. The van der Waals surface area contributed by atoms with Crippen LogP contribution < -0.4 is 5.73 Å². The highest BCUT2D eigenvalue weighted by molar-refractivity contribution is 7.97. The van der Waals surface area contributed by atoms with E-state index in [9.17, 15) is 10.1 Å². The molecule has 4 nitrogen and oxygen atoms in total. The van der Waals surface area contributed by atoms with Crippen molar-refractivity contribution in [3.63, 3.8) is 0 Å². The van der Waals surface area contributed by atoms with Crippen molar-refractivity contribution >= 4 is 34.7 Å². The molecule has 2 rings (SSSR count). The summed E-state index contributed by atoms with van der Waals surface area (Å²) in [5.74, 6) is 1.53. The van der Waals surface area contributed by atoms with Gasteiger partial charge in [-0.05, 0) is 29.3 Å². The zero-order chi connectivity index (χ0) is 14.5. The minimum atomic E-state index is -0.456. The summed E-state index contributed by atoms with van der Waals surface area (Å²) >= 11 is 7.51. The van der Waals surface area contributed by atoms with Gasteiger partial charge in [-0.15, -0.1) is 0 Å². The van der Waals surface area contributed by atoms with Crippen LogP contribution in [0.3, 0.4) is 0 Å². The van der Waals surface area contributed by atoms with Gasteiger partial charge >= 0.3 is 0 Å². The molecule has 0 amide bonds. The van der Waals surface area contributed by atoms with Gasteiger partial charge in [0.15, 0.2) is 0 Å². The Kier molecular flexibility index (Phi) is 4.87. The minimum absolute atomic E-state index is 0.0328. The van der Waals surface area contributed by atoms with Gasteiger partial charge in [0.25, 0.3) is 5.69 Å². The number of hydrogen-bond acceptors (Lipinski definition) is 4. The average molecular weight is 309 g/mol. The molecule has 6 heteroatoms. The Balaban J connectivity index is 1.96. The standard InChI is InChI=1S/C14H13ClN2O2S/c15-12-4-1-10(2-5-12)8-20-9-11-3-6-13(16)14(7-11)17(18)19/h1-7H,8-9,16H2. The highest BCUT2D eigenvalue weighted by Gasteiger charge is 2.11. The molecule has 2 aromatic rings. The van der Waals surface area contributed by atoms with Crippen LogP contribution in [0.15, 0.2) is 42.5 Å². The number of nitro benzene ring substituents is 1. The fraction of sp³-hybridized carbons (Fsp3) is 0.143. The Bertz CT molecular complexity index is 617. The monoisotopic (exact) mass is 308 g/mol. The molecule has 0 bridgehead atoms. The van der Waals surface area contributed by atoms with Gasteiger partial charge in [0, 0.05) is 22.6 Å². The fourth-order valence-corrected chi connectivity index (χ4v) is 2.78. The van der Waals surface area contributed by atoms with Crippen LogP contribution in [-0.4, -0.2) is 4.92 Å². The first-order valence-electron chi connectivity index (χ1n) is 5.91. The summed E-state index contributed by atoms with van der Waals surface area (Å²) < 4.78 is 0. The van der Waals surface area contributed by atoms with Gasteiger partial charge < -0.3 is 5.73 Å². The van der Waals surface area contributed by atoms with E-state index in [1.807, 2.05) is 30.3 Å². The van der Waals surface area contributed by atoms with Gasteiger partial charge in [-0.3, -0.25) is 10.1 Å². The highest BCUT2D eigenvalue weighted by atomic mass is 35.5. The number of nitrogen functional groups attached to an aromatic ring is 1. The van der Waals surface area contributed by atoms with Crippen LogP contribution in [0.5, 0.6) is 0 Å². The molecular formula is C14H13ClN2O2S. The Morgan fingerprint density at radius 1 is 1.10 bits per heavy atom. The summed E-state index contributed by atoms with van der Waals surface area (Å²) in [7, 11) is 0. The average Bonchev–Trinajstić information content (AvgIpc) is 2.42. The molecule has 0 radical (unpaired) electrons. The molecule has 2 aromatic carbocycles. The maximum absolute atomic E-state index is 10.8. The zero-order valence-electron chi connectivity index (χ0n) is 10.6. The van der Waals surface area contributed by atoms with E-state index < -0.39 is 4.92 Å². The molecule has 0 heterocycles. The van der Waals surface area contributed by atoms with E-state index in [1.165, 1.54) is 11.6 Å². The van der Waals surface area contributed by atoms with E-state index in [0.717, 1.165) is 11.3 Å². The maximum Gasteiger partial charge on any atom is 0.292 e. The lowest BCUT2D eigenvalue weighted by atomic mass is 10.2. The number of thioether (sulfide) groups is 1. The van der Waals surface area contributed by atoms with E-state index in [2.05, 4.69) is 0 Å². The van der Waals surface area contributed by atoms with Crippen molar-refractivity contribution in [2.75, 3.05) is 5.73 Å². The topological polar surface area (TPSA) is 69.2 Å². The number of rotatable bonds is 5. The van der Waals surface area contributed by atoms with Crippen molar-refractivity contribution in [2.24, 2.45) is 0 Å². The van der Waals surface area contributed by atoms with Crippen LogP contribution in [-0.2, 0) is 11.5 Å². The Labute approximate surface area is 126 Å². The zero-order valence-corrected chi connectivity index (χ0v) is 12.2. The molecule has 0 saturated heterocycles. The van der Waals surface area contributed by atoms with Crippen LogP contribution in [0.25, 0.3) is 0 Å². The summed E-state index contributed by atoms with van der Waals surface area (Å²) in [5, 5.41) is 11.5. The number of nitro groups is 1. The predicted molar refractivity (Wildman–Crippen MR) is 84.0 cm³/mol. The van der Waals surface area contributed by atoms with Crippen LogP contribution in [0.1, 0.15) is 11.1 Å². The van der Waals surface area contributed by atoms with Crippen molar-refractivity contribution < 1.29 is 4.92 Å². The number of nitrogens with two attached hydrogens (primary N) is 1. The van der Waals surface area contributed by atoms with Gasteiger partial charge in [0.2, 0.25) is 0 Å². The summed E-state index contributed by atoms with van der Waals surface area (Å²) in [6, 6.07) is 12.6. The van der Waals surface area contributed by atoms with Gasteiger partial charge in [0.1, 0.15) is 5.69 Å². The largest absolute Gasteiger partial charge is 0.393 e. The SMILES string of the molecule is Nc1ccc(CSCc2ccc(Cl)cc2)cc1[N+](=O)[O-]. The van der Waals surface area contributed by atoms with Gasteiger partial charge in [-0.1, -0.05) is 29.8 Å². The molecule has 104 valence electrons. The van der Waals surface area contributed by atoms with Crippen molar-refractivity contribution in [2.45, 2.75) is 11.5 Å². The van der Waals surface area contributed by atoms with E-state index >= 15 is 0 Å². The Morgan fingerprint density at radius 3 is 2.35 bits per heavy atom. The number of halogens is 1. The first-order chi connectivity index (χ1) is 9.56. The van der Waals surface area contributed by atoms with Crippen molar-refractivity contribution in [3.8, 4) is 0 Å². The lowest BCUT2D eigenvalue weighted by Gasteiger charge is -2.04. The van der Waals surface area contributed by atoms with Crippen molar-refractivity contribution in [1.29, 1.82) is 0 Å². The lowest BCUT2D eigenvalue weighted by Crippen LogP contribution is -1.96. The quantitative estimate of drug-likeness (QED) is 0.509. The molecule has 0 fully saturated rings. The smallest absolute Gasteiger partial charge is 0.292 e. The second-order valence-electron chi connectivity index (χ2n) is 4.27. The summed E-state index contributed by atoms with van der Waals surface area (Å²) in [6.07, 6.45) is 0. The van der Waals surface area contributed by atoms with Crippen molar-refractivity contribution in [3.05, 3.63) is 68.7 Å². The van der Waals surface area contributed by atoms with E-state index in [4.69, 9.17) is 17.3 Å². The van der Waals surface area contributed by atoms with Crippen LogP contribution >= 0.6 is 23.4 Å². The highest BCUT2D eigenvalue weighted by Crippen LogP contribution is 2.26. The third-order valence-corrected chi connectivity index (χ3v) is 4.07. The van der Waals surface area contributed by atoms with Crippen LogP contribution in [0.2, 0.25) is 5.02 Å². The van der Waals surface area contributed by atoms with Gasteiger partial charge in [-0.2, -0.15) is 11.8 Å². The molecule has 20 heavy (non-hydrogen) atoms. The molecule has 0 saturated carbocycles. The van der Waals surface area contributed by atoms with Gasteiger partial charge in [0.05, 0.1) is 4.92 Å². The normalized spacial score (nSPS) is 10.4. The fourth-order valence-electron chi connectivity index (χ4n) is 1.70. The summed E-state index contributed by atoms with van der Waals surface area (Å²) in [6.45, 7) is 0. The molecule has 0 unspecified atom stereocenters. The first-order valence-corrected chi connectivity index (χ1v) is 7.44. The third-order valence-electron chi connectivity index (χ3n) is 2.74. The van der Waals surface area contributed by atoms with E-state index in [0.29, 0.717) is 10.8 Å². The van der Waals surface area contributed by atoms with Crippen LogP contribution in [0, 0.1) is 10.1 Å². The molecule has 0 aliphatic heterocycles. The minimum Gasteiger partial charge on any atom is -0.393 e. The number of benzene rings is 2. The molecule has 0 aliphatic carbocycles. The van der Waals surface area contributed by atoms with Crippen molar-refractivity contribution in [1.82, 2.24) is 0 Å². The molecule has 2 N–H and O–H groups in total. The van der Waals surface area contributed by atoms with Crippen LogP contribution in [0.4, 0.5) is 11.4 Å². The second-order valence-corrected chi connectivity index (χ2v) is 5.69. The van der Waals surface area contributed by atoms with E-state index in [-0.39, 0.29) is 11.4 Å². The summed E-state index contributed by atoms with van der Waals surface area (Å²) in [4.78, 5) is 10.4. The van der Waals surface area contributed by atoms with E-state index in [1.54, 1.807) is 17.8 Å². The Morgan fingerprint density at radius 2 is 1.70 bits per heavy atom. The molecule has 0 atom stereocenters. The Hall–Kier alpha value is -1.72. The lowest BCUT2D eigenvalue weighted by molar-refractivity contribution is -0.383.